The molecule has 0 spiro atoms. The summed E-state index contributed by atoms with van der Waals surface area (Å²) in [7, 11) is 0. The van der Waals surface area contributed by atoms with Gasteiger partial charge in [-0.1, -0.05) is 6.07 Å². The van der Waals surface area contributed by atoms with Crippen LogP contribution in [-0.4, -0.2) is 9.91 Å². The summed E-state index contributed by atoms with van der Waals surface area (Å²) in [6.07, 6.45) is 0. The zero-order chi connectivity index (χ0) is 14.0. The van der Waals surface area contributed by atoms with Crippen LogP contribution >= 0.6 is 11.3 Å². The number of thiazole rings is 1. The molecule has 0 aliphatic carbocycles. The molecule has 100 valence electrons. The van der Waals surface area contributed by atoms with Gasteiger partial charge in [0.2, 0.25) is 0 Å². The molecule has 19 heavy (non-hydrogen) atoms. The Morgan fingerprint density at radius 1 is 1.53 bits per heavy atom. The van der Waals surface area contributed by atoms with Gasteiger partial charge in [0, 0.05) is 10.9 Å². The first-order valence-electron chi connectivity index (χ1n) is 5.60. The lowest BCUT2D eigenvalue weighted by molar-refractivity contribution is -0.384. The predicted molar refractivity (Wildman–Crippen MR) is 71.9 cm³/mol. The Morgan fingerprint density at radius 3 is 2.84 bits per heavy atom. The number of nitro benzene ring substituents is 1. The van der Waals surface area contributed by atoms with Gasteiger partial charge in [0.25, 0.3) is 5.69 Å². The smallest absolute Gasteiger partial charge is 0.295 e. The molecule has 0 fully saturated rings. The molecule has 7 heteroatoms. The van der Waals surface area contributed by atoms with E-state index in [1.807, 2.05) is 13.8 Å². The van der Waals surface area contributed by atoms with Crippen molar-refractivity contribution in [2.45, 2.75) is 19.9 Å². The highest BCUT2D eigenvalue weighted by molar-refractivity contribution is 7.09. The number of para-hydroxylation sites is 1. The Hall–Kier alpha value is -2.02. The number of nitrogens with zero attached hydrogens (tertiary/aromatic N) is 2. The summed E-state index contributed by atoms with van der Waals surface area (Å²) in [6, 6.07) is 3.55. The Morgan fingerprint density at radius 2 is 2.26 bits per heavy atom. The summed E-state index contributed by atoms with van der Waals surface area (Å²) in [5, 5.41) is 13.8. The summed E-state index contributed by atoms with van der Waals surface area (Å²) < 4.78 is 13.7. The number of rotatable bonds is 4. The van der Waals surface area contributed by atoms with E-state index in [-0.39, 0.29) is 17.4 Å². The zero-order valence-corrected chi connectivity index (χ0v) is 11.2. The SMILES string of the molecule is Cc1ncsc1C(C)Nc1c(F)cccc1[N+](=O)[O-]. The van der Waals surface area contributed by atoms with Gasteiger partial charge in [-0.05, 0) is 19.9 Å². The van der Waals surface area contributed by atoms with E-state index in [2.05, 4.69) is 10.3 Å². The summed E-state index contributed by atoms with van der Waals surface area (Å²) >= 11 is 1.43. The third kappa shape index (κ3) is 2.70. The van der Waals surface area contributed by atoms with Gasteiger partial charge in [-0.3, -0.25) is 10.1 Å². The van der Waals surface area contributed by atoms with Crippen molar-refractivity contribution in [1.82, 2.24) is 4.98 Å². The van der Waals surface area contributed by atoms with Crippen molar-refractivity contribution in [2.75, 3.05) is 5.32 Å². The average Bonchev–Trinajstić information content (AvgIpc) is 2.77. The second-order valence-corrected chi connectivity index (χ2v) is 4.95. The third-order valence-electron chi connectivity index (χ3n) is 2.73. The number of hydrogen-bond donors (Lipinski definition) is 1. The van der Waals surface area contributed by atoms with Crippen molar-refractivity contribution in [2.24, 2.45) is 0 Å². The zero-order valence-electron chi connectivity index (χ0n) is 10.4. The molecular formula is C12H12FN3O2S. The number of nitrogens with one attached hydrogen (secondary N) is 1. The van der Waals surface area contributed by atoms with Gasteiger partial charge in [-0.25, -0.2) is 9.37 Å². The summed E-state index contributed by atoms with van der Waals surface area (Å²) in [4.78, 5) is 15.3. The van der Waals surface area contributed by atoms with E-state index in [9.17, 15) is 14.5 Å². The molecule has 1 aromatic carbocycles. The molecule has 0 amide bonds. The molecule has 5 nitrogen and oxygen atoms in total. The number of anilines is 1. The van der Waals surface area contributed by atoms with E-state index in [1.54, 1.807) is 5.51 Å². The maximum Gasteiger partial charge on any atom is 0.295 e. The first kappa shape index (κ1) is 13.4. The third-order valence-corrected chi connectivity index (χ3v) is 3.84. The topological polar surface area (TPSA) is 68.1 Å². The normalized spacial score (nSPS) is 12.2. The van der Waals surface area contributed by atoms with Gasteiger partial charge in [0.1, 0.15) is 5.69 Å². The number of aromatic nitrogens is 1. The minimum atomic E-state index is -0.636. The molecule has 2 rings (SSSR count). The molecule has 1 atom stereocenters. The Bertz CT molecular complexity index is 615. The van der Waals surface area contributed by atoms with Gasteiger partial charge < -0.3 is 5.32 Å². The molecule has 2 aromatic rings. The van der Waals surface area contributed by atoms with Crippen LogP contribution in [0.15, 0.2) is 23.7 Å². The number of nitro groups is 1. The lowest BCUT2D eigenvalue weighted by Crippen LogP contribution is -2.09. The molecule has 1 aromatic heterocycles. The molecule has 0 saturated carbocycles. The van der Waals surface area contributed by atoms with Gasteiger partial charge in [-0.15, -0.1) is 11.3 Å². The fourth-order valence-corrected chi connectivity index (χ4v) is 2.63. The highest BCUT2D eigenvalue weighted by atomic mass is 32.1. The molecule has 1 heterocycles. The number of halogens is 1. The van der Waals surface area contributed by atoms with Crippen molar-refractivity contribution < 1.29 is 9.31 Å². The number of hydrogen-bond acceptors (Lipinski definition) is 5. The van der Waals surface area contributed by atoms with E-state index >= 15 is 0 Å². The van der Waals surface area contributed by atoms with Gasteiger partial charge in [-0.2, -0.15) is 0 Å². The fourth-order valence-electron chi connectivity index (χ4n) is 1.82. The maximum absolute atomic E-state index is 13.7. The van der Waals surface area contributed by atoms with E-state index in [0.717, 1.165) is 10.6 Å². The molecule has 1 N–H and O–H groups in total. The van der Waals surface area contributed by atoms with Crippen LogP contribution < -0.4 is 5.32 Å². The molecule has 0 bridgehead atoms. The second kappa shape index (κ2) is 5.31. The van der Waals surface area contributed by atoms with E-state index < -0.39 is 10.7 Å². The van der Waals surface area contributed by atoms with Crippen LogP contribution in [-0.2, 0) is 0 Å². The molecule has 0 radical (unpaired) electrons. The predicted octanol–water partition coefficient (Wildman–Crippen LogP) is 3.67. The lowest BCUT2D eigenvalue weighted by Gasteiger charge is -2.14. The van der Waals surface area contributed by atoms with Crippen LogP contribution in [0.5, 0.6) is 0 Å². The summed E-state index contributed by atoms with van der Waals surface area (Å²) in [5.41, 5.74) is 2.17. The van der Waals surface area contributed by atoms with Crippen LogP contribution in [0.3, 0.4) is 0 Å². The highest BCUT2D eigenvalue weighted by Gasteiger charge is 2.21. The Balaban J connectivity index is 2.33. The monoisotopic (exact) mass is 281 g/mol. The molecule has 1 unspecified atom stereocenters. The van der Waals surface area contributed by atoms with Crippen LogP contribution in [0.2, 0.25) is 0 Å². The van der Waals surface area contributed by atoms with Crippen molar-refractivity contribution in [3.05, 3.63) is 50.2 Å². The minimum absolute atomic E-state index is 0.0900. The lowest BCUT2D eigenvalue weighted by atomic mass is 10.2. The maximum atomic E-state index is 13.7. The summed E-state index contributed by atoms with van der Waals surface area (Å²) in [6.45, 7) is 3.66. The fraction of sp³-hybridized carbons (Fsp3) is 0.250. The summed E-state index contributed by atoms with van der Waals surface area (Å²) in [5.74, 6) is -0.636. The van der Waals surface area contributed by atoms with Gasteiger partial charge >= 0.3 is 0 Å². The first-order valence-corrected chi connectivity index (χ1v) is 6.48. The van der Waals surface area contributed by atoms with E-state index in [4.69, 9.17) is 0 Å². The quantitative estimate of drug-likeness (QED) is 0.685. The van der Waals surface area contributed by atoms with E-state index in [0.29, 0.717) is 0 Å². The van der Waals surface area contributed by atoms with Crippen molar-refractivity contribution in [1.29, 1.82) is 0 Å². The van der Waals surface area contributed by atoms with Crippen molar-refractivity contribution in [3.63, 3.8) is 0 Å². The van der Waals surface area contributed by atoms with Crippen LogP contribution in [0.4, 0.5) is 15.8 Å². The average molecular weight is 281 g/mol. The largest absolute Gasteiger partial charge is 0.370 e. The number of aryl methyl sites for hydroxylation is 1. The highest BCUT2D eigenvalue weighted by Crippen LogP contribution is 2.32. The first-order chi connectivity index (χ1) is 9.00. The molecule has 0 saturated heterocycles. The molecule has 0 aliphatic heterocycles. The number of benzene rings is 1. The molecular weight excluding hydrogens is 269 g/mol. The van der Waals surface area contributed by atoms with Crippen molar-refractivity contribution >= 4 is 22.7 Å². The standard InChI is InChI=1S/C12H12FN3O2S/c1-7-12(19-6-14-7)8(2)15-11-9(13)4-3-5-10(11)16(17)18/h3-6,8,15H,1-2H3. The van der Waals surface area contributed by atoms with Crippen LogP contribution in [0, 0.1) is 22.9 Å². The van der Waals surface area contributed by atoms with E-state index in [1.165, 1.54) is 29.5 Å². The minimum Gasteiger partial charge on any atom is -0.370 e. The van der Waals surface area contributed by atoms with Crippen LogP contribution in [0.1, 0.15) is 23.5 Å². The molecule has 0 aliphatic rings. The van der Waals surface area contributed by atoms with Crippen molar-refractivity contribution in [3.8, 4) is 0 Å². The Labute approximate surface area is 113 Å². The Kier molecular flexibility index (Phi) is 3.75. The second-order valence-electron chi connectivity index (χ2n) is 4.06. The van der Waals surface area contributed by atoms with Gasteiger partial charge in [0.05, 0.1) is 22.2 Å². The van der Waals surface area contributed by atoms with Crippen LogP contribution in [0.25, 0.3) is 0 Å². The van der Waals surface area contributed by atoms with Gasteiger partial charge in [0.15, 0.2) is 5.82 Å².